The molecule has 0 fully saturated rings. The van der Waals surface area contributed by atoms with Gasteiger partial charge in [0.05, 0.1) is 28.1 Å². The molecule has 1 amide bonds. The number of hydrogen-bond donors (Lipinski definition) is 1. The Morgan fingerprint density at radius 2 is 1.93 bits per heavy atom. The number of anilines is 1. The number of para-hydroxylation sites is 1. The summed E-state index contributed by atoms with van der Waals surface area (Å²) in [4.78, 5) is 12.2. The fourth-order valence-electron chi connectivity index (χ4n) is 2.57. The average molecular weight is 486 g/mol. The van der Waals surface area contributed by atoms with Gasteiger partial charge in [0, 0.05) is 18.5 Å². The SMILES string of the molecule is Cn1c(CCCOc2ccc(Cl)cc2Cl)nnc1SCC(=O)Nc1ccccc1Cl. The third-order valence-corrected chi connectivity index (χ3v) is 5.98. The predicted molar refractivity (Wildman–Crippen MR) is 122 cm³/mol. The molecule has 1 aromatic heterocycles. The minimum Gasteiger partial charge on any atom is -0.492 e. The molecule has 1 N–H and O–H groups in total. The van der Waals surface area contributed by atoms with E-state index in [0.29, 0.717) is 44.7 Å². The van der Waals surface area contributed by atoms with Crippen molar-refractivity contribution in [2.75, 3.05) is 17.7 Å². The van der Waals surface area contributed by atoms with Gasteiger partial charge < -0.3 is 14.6 Å². The zero-order valence-corrected chi connectivity index (χ0v) is 19.2. The van der Waals surface area contributed by atoms with E-state index in [9.17, 15) is 4.79 Å². The fraction of sp³-hybridized carbons (Fsp3) is 0.250. The first kappa shape index (κ1) is 22.7. The zero-order chi connectivity index (χ0) is 21.5. The predicted octanol–water partition coefficient (Wildman–Crippen LogP) is 5.52. The monoisotopic (exact) mass is 484 g/mol. The fourth-order valence-corrected chi connectivity index (χ4v) is 3.95. The van der Waals surface area contributed by atoms with E-state index in [0.717, 1.165) is 12.2 Å². The molecule has 2 aromatic carbocycles. The molecule has 0 spiro atoms. The summed E-state index contributed by atoms with van der Waals surface area (Å²) in [5, 5.41) is 13.4. The van der Waals surface area contributed by atoms with Crippen LogP contribution in [0.4, 0.5) is 5.69 Å². The number of hydrogen-bond acceptors (Lipinski definition) is 5. The molecule has 3 rings (SSSR count). The first-order chi connectivity index (χ1) is 14.4. The van der Waals surface area contributed by atoms with Crippen molar-refractivity contribution in [3.8, 4) is 5.75 Å². The molecule has 0 bridgehead atoms. The molecular weight excluding hydrogens is 467 g/mol. The van der Waals surface area contributed by atoms with Crippen LogP contribution in [-0.2, 0) is 18.3 Å². The number of aryl methyl sites for hydroxylation is 1. The first-order valence-electron chi connectivity index (χ1n) is 9.07. The number of nitrogens with zero attached hydrogens (tertiary/aromatic N) is 3. The van der Waals surface area contributed by atoms with Gasteiger partial charge in [0.1, 0.15) is 11.6 Å². The number of nitrogens with one attached hydrogen (secondary N) is 1. The van der Waals surface area contributed by atoms with Gasteiger partial charge in [-0.25, -0.2) is 0 Å². The number of benzene rings is 2. The standard InChI is InChI=1S/C20H19Cl3N4O2S/c1-27-18(7-4-10-29-17-9-8-13(21)11-15(17)23)25-26-20(27)30-12-19(28)24-16-6-3-2-5-14(16)22/h2-3,5-6,8-9,11H,4,7,10,12H2,1H3,(H,24,28). The average Bonchev–Trinajstić information content (AvgIpc) is 3.06. The van der Waals surface area contributed by atoms with Gasteiger partial charge in [-0.05, 0) is 36.8 Å². The number of amides is 1. The Bertz CT molecular complexity index is 1030. The van der Waals surface area contributed by atoms with E-state index in [2.05, 4.69) is 15.5 Å². The summed E-state index contributed by atoms with van der Waals surface area (Å²) < 4.78 is 7.57. The molecule has 1 heterocycles. The van der Waals surface area contributed by atoms with E-state index >= 15 is 0 Å². The largest absolute Gasteiger partial charge is 0.492 e. The van der Waals surface area contributed by atoms with Crippen LogP contribution in [0.25, 0.3) is 0 Å². The Morgan fingerprint density at radius 3 is 2.70 bits per heavy atom. The molecule has 0 aliphatic carbocycles. The van der Waals surface area contributed by atoms with Crippen LogP contribution in [0.1, 0.15) is 12.2 Å². The van der Waals surface area contributed by atoms with Gasteiger partial charge in [-0.1, -0.05) is 58.7 Å². The van der Waals surface area contributed by atoms with E-state index in [1.165, 1.54) is 11.8 Å². The summed E-state index contributed by atoms with van der Waals surface area (Å²) in [6.07, 6.45) is 1.42. The highest BCUT2D eigenvalue weighted by Crippen LogP contribution is 2.27. The summed E-state index contributed by atoms with van der Waals surface area (Å²) in [6, 6.07) is 12.2. The Kier molecular flexibility index (Phi) is 8.27. The lowest BCUT2D eigenvalue weighted by atomic mass is 10.3. The van der Waals surface area contributed by atoms with Crippen molar-refractivity contribution in [3.05, 3.63) is 63.4 Å². The first-order valence-corrected chi connectivity index (χ1v) is 11.2. The van der Waals surface area contributed by atoms with E-state index in [1.807, 2.05) is 23.7 Å². The van der Waals surface area contributed by atoms with Gasteiger partial charge >= 0.3 is 0 Å². The van der Waals surface area contributed by atoms with Crippen LogP contribution in [0, 0.1) is 0 Å². The van der Waals surface area contributed by atoms with Gasteiger partial charge in [0.2, 0.25) is 5.91 Å². The van der Waals surface area contributed by atoms with Crippen LogP contribution in [0.2, 0.25) is 15.1 Å². The van der Waals surface area contributed by atoms with Gasteiger partial charge in [-0.2, -0.15) is 0 Å². The maximum Gasteiger partial charge on any atom is 0.234 e. The van der Waals surface area contributed by atoms with Crippen molar-refractivity contribution in [2.24, 2.45) is 7.05 Å². The molecule has 0 saturated heterocycles. The Morgan fingerprint density at radius 1 is 1.13 bits per heavy atom. The lowest BCUT2D eigenvalue weighted by molar-refractivity contribution is -0.113. The maximum absolute atomic E-state index is 12.2. The van der Waals surface area contributed by atoms with Crippen molar-refractivity contribution < 1.29 is 9.53 Å². The summed E-state index contributed by atoms with van der Waals surface area (Å²) in [7, 11) is 1.88. The molecule has 0 saturated carbocycles. The van der Waals surface area contributed by atoms with Gasteiger partial charge in [-0.3, -0.25) is 4.79 Å². The maximum atomic E-state index is 12.2. The lowest BCUT2D eigenvalue weighted by Gasteiger charge is -2.08. The summed E-state index contributed by atoms with van der Waals surface area (Å²) >= 11 is 19.3. The van der Waals surface area contributed by atoms with Crippen molar-refractivity contribution in [1.29, 1.82) is 0 Å². The Hall–Kier alpha value is -1.93. The van der Waals surface area contributed by atoms with Crippen molar-refractivity contribution >= 4 is 58.2 Å². The second-order valence-electron chi connectivity index (χ2n) is 6.30. The van der Waals surface area contributed by atoms with Crippen LogP contribution >= 0.6 is 46.6 Å². The molecular formula is C20H19Cl3N4O2S. The molecule has 0 unspecified atom stereocenters. The van der Waals surface area contributed by atoms with Crippen LogP contribution < -0.4 is 10.1 Å². The van der Waals surface area contributed by atoms with Crippen LogP contribution in [0.3, 0.4) is 0 Å². The molecule has 0 aliphatic heterocycles. The van der Waals surface area contributed by atoms with Gasteiger partial charge in [0.25, 0.3) is 0 Å². The number of aromatic nitrogens is 3. The quantitative estimate of drug-likeness (QED) is 0.319. The van der Waals surface area contributed by atoms with E-state index < -0.39 is 0 Å². The van der Waals surface area contributed by atoms with Crippen molar-refractivity contribution in [2.45, 2.75) is 18.0 Å². The highest BCUT2D eigenvalue weighted by Gasteiger charge is 2.12. The molecule has 0 atom stereocenters. The third-order valence-electron chi connectivity index (χ3n) is 4.10. The number of carbonyl (C=O) groups excluding carboxylic acids is 1. The Balaban J connectivity index is 1.45. The lowest BCUT2D eigenvalue weighted by Crippen LogP contribution is -2.14. The minimum absolute atomic E-state index is 0.161. The van der Waals surface area contributed by atoms with Crippen molar-refractivity contribution in [1.82, 2.24) is 14.8 Å². The summed E-state index contributed by atoms with van der Waals surface area (Å²) in [6.45, 7) is 0.483. The third kappa shape index (κ3) is 6.28. The Labute approximate surface area is 193 Å². The molecule has 0 aliphatic rings. The number of ether oxygens (including phenoxy) is 1. The van der Waals surface area contributed by atoms with Crippen molar-refractivity contribution in [3.63, 3.8) is 0 Å². The van der Waals surface area contributed by atoms with Gasteiger partial charge in [-0.15, -0.1) is 10.2 Å². The smallest absolute Gasteiger partial charge is 0.234 e. The molecule has 158 valence electrons. The van der Waals surface area contributed by atoms with Crippen LogP contribution in [0.15, 0.2) is 47.6 Å². The van der Waals surface area contributed by atoms with Crippen LogP contribution in [-0.4, -0.2) is 33.0 Å². The molecule has 3 aromatic rings. The van der Waals surface area contributed by atoms with E-state index in [4.69, 9.17) is 39.5 Å². The van der Waals surface area contributed by atoms with E-state index in [-0.39, 0.29) is 11.7 Å². The second-order valence-corrected chi connectivity index (χ2v) is 8.49. The number of halogens is 3. The molecule has 0 radical (unpaired) electrons. The van der Waals surface area contributed by atoms with Crippen LogP contribution in [0.5, 0.6) is 5.75 Å². The molecule has 30 heavy (non-hydrogen) atoms. The second kappa shape index (κ2) is 10.9. The number of carbonyl (C=O) groups is 1. The summed E-state index contributed by atoms with van der Waals surface area (Å²) in [5.41, 5.74) is 0.587. The van der Waals surface area contributed by atoms with E-state index in [1.54, 1.807) is 30.3 Å². The number of rotatable bonds is 9. The zero-order valence-electron chi connectivity index (χ0n) is 16.1. The minimum atomic E-state index is -0.161. The highest BCUT2D eigenvalue weighted by molar-refractivity contribution is 7.99. The summed E-state index contributed by atoms with van der Waals surface area (Å²) in [5.74, 6) is 1.45. The normalized spacial score (nSPS) is 10.8. The molecule has 6 nitrogen and oxygen atoms in total. The highest BCUT2D eigenvalue weighted by atomic mass is 35.5. The topological polar surface area (TPSA) is 69.0 Å². The van der Waals surface area contributed by atoms with Gasteiger partial charge in [0.15, 0.2) is 5.16 Å². The molecule has 10 heteroatoms. The number of thioether (sulfide) groups is 1.